The second-order valence-electron chi connectivity index (χ2n) is 7.17. The molecule has 1 saturated heterocycles. The lowest BCUT2D eigenvalue weighted by Crippen LogP contribution is -2.45. The maximum absolute atomic E-state index is 12.2. The standard InChI is InChI=1S/C17H24N2O4S/c1-11-9-13(19(21)22)5-6-14(11)12-7-8-18(15(24)10-12)16(20)23-17(2,3)4/h5-6,9,12,15,24H,7-8,10H2,1-4H3. The number of likely N-dealkylation sites (tertiary alicyclic amines) is 1. The van der Waals surface area contributed by atoms with Crippen molar-refractivity contribution in [2.45, 2.75) is 57.4 Å². The Morgan fingerprint density at radius 1 is 1.42 bits per heavy atom. The minimum Gasteiger partial charge on any atom is -0.444 e. The number of thiol groups is 1. The van der Waals surface area contributed by atoms with E-state index in [2.05, 4.69) is 12.6 Å². The van der Waals surface area contributed by atoms with Crippen molar-refractivity contribution < 1.29 is 14.5 Å². The molecule has 0 saturated carbocycles. The van der Waals surface area contributed by atoms with Crippen molar-refractivity contribution in [3.05, 3.63) is 39.4 Å². The molecule has 2 rings (SSSR count). The van der Waals surface area contributed by atoms with Crippen molar-refractivity contribution in [3.63, 3.8) is 0 Å². The predicted molar refractivity (Wildman–Crippen MR) is 95.5 cm³/mol. The molecule has 0 radical (unpaired) electrons. The number of nitro groups is 1. The van der Waals surface area contributed by atoms with Crippen molar-refractivity contribution in [2.75, 3.05) is 6.54 Å². The van der Waals surface area contributed by atoms with E-state index in [1.54, 1.807) is 11.0 Å². The summed E-state index contributed by atoms with van der Waals surface area (Å²) in [4.78, 5) is 24.4. The molecular weight excluding hydrogens is 328 g/mol. The van der Waals surface area contributed by atoms with E-state index < -0.39 is 5.60 Å². The molecule has 1 fully saturated rings. The van der Waals surface area contributed by atoms with Gasteiger partial charge < -0.3 is 4.74 Å². The van der Waals surface area contributed by atoms with Gasteiger partial charge in [-0.3, -0.25) is 15.0 Å². The number of benzene rings is 1. The van der Waals surface area contributed by atoms with Gasteiger partial charge in [-0.1, -0.05) is 6.07 Å². The largest absolute Gasteiger partial charge is 0.444 e. The second-order valence-corrected chi connectivity index (χ2v) is 7.77. The van der Waals surface area contributed by atoms with E-state index in [-0.39, 0.29) is 28.0 Å². The van der Waals surface area contributed by atoms with Crippen LogP contribution in [0.3, 0.4) is 0 Å². The van der Waals surface area contributed by atoms with Crippen LogP contribution in [0.4, 0.5) is 10.5 Å². The normalized spacial score (nSPS) is 21.5. The third-order valence-electron chi connectivity index (χ3n) is 4.11. The lowest BCUT2D eigenvalue weighted by molar-refractivity contribution is -0.384. The summed E-state index contributed by atoms with van der Waals surface area (Å²) in [7, 11) is 0. The molecule has 7 heteroatoms. The van der Waals surface area contributed by atoms with Crippen molar-refractivity contribution in [3.8, 4) is 0 Å². The molecule has 1 aliphatic heterocycles. The molecule has 0 aliphatic carbocycles. The highest BCUT2D eigenvalue weighted by molar-refractivity contribution is 7.80. The summed E-state index contributed by atoms with van der Waals surface area (Å²) in [5, 5.41) is 10.6. The maximum atomic E-state index is 12.2. The number of non-ortho nitro benzene ring substituents is 1. The van der Waals surface area contributed by atoms with E-state index >= 15 is 0 Å². The Kier molecular flexibility index (Phi) is 5.42. The zero-order valence-electron chi connectivity index (χ0n) is 14.5. The number of nitrogens with zero attached hydrogens (tertiary/aromatic N) is 2. The number of aryl methyl sites for hydroxylation is 1. The highest BCUT2D eigenvalue weighted by Gasteiger charge is 2.33. The van der Waals surface area contributed by atoms with Crippen LogP contribution in [0.5, 0.6) is 0 Å². The molecule has 2 atom stereocenters. The number of rotatable bonds is 2. The predicted octanol–water partition coefficient (Wildman–Crippen LogP) is 4.27. The molecule has 0 bridgehead atoms. The van der Waals surface area contributed by atoms with Gasteiger partial charge in [0.25, 0.3) is 5.69 Å². The molecule has 132 valence electrons. The number of carbonyl (C=O) groups is 1. The number of ether oxygens (including phenoxy) is 1. The van der Waals surface area contributed by atoms with Crippen molar-refractivity contribution in [2.24, 2.45) is 0 Å². The first-order chi connectivity index (χ1) is 11.1. The minimum atomic E-state index is -0.531. The lowest BCUT2D eigenvalue weighted by atomic mass is 9.86. The van der Waals surface area contributed by atoms with Gasteiger partial charge in [-0.2, -0.15) is 12.6 Å². The Morgan fingerprint density at radius 3 is 2.58 bits per heavy atom. The van der Waals surface area contributed by atoms with E-state index in [0.29, 0.717) is 13.0 Å². The van der Waals surface area contributed by atoms with E-state index in [9.17, 15) is 14.9 Å². The van der Waals surface area contributed by atoms with Crippen LogP contribution in [0, 0.1) is 17.0 Å². The van der Waals surface area contributed by atoms with Gasteiger partial charge in [0.2, 0.25) is 0 Å². The number of hydrogen-bond acceptors (Lipinski definition) is 5. The first kappa shape index (κ1) is 18.6. The van der Waals surface area contributed by atoms with Gasteiger partial charge in [0.05, 0.1) is 10.3 Å². The van der Waals surface area contributed by atoms with Crippen molar-refractivity contribution >= 4 is 24.4 Å². The molecule has 0 aromatic heterocycles. The summed E-state index contributed by atoms with van der Waals surface area (Å²) >= 11 is 4.56. The fraction of sp³-hybridized carbons (Fsp3) is 0.588. The third-order valence-corrected chi connectivity index (χ3v) is 4.60. The van der Waals surface area contributed by atoms with E-state index in [4.69, 9.17) is 4.74 Å². The summed E-state index contributed by atoms with van der Waals surface area (Å²) in [6.45, 7) is 7.96. The Hall–Kier alpha value is -1.76. The summed E-state index contributed by atoms with van der Waals surface area (Å²) in [5.74, 6) is 0.229. The Morgan fingerprint density at radius 2 is 2.08 bits per heavy atom. The number of nitro benzene ring substituents is 1. The third kappa shape index (κ3) is 4.41. The van der Waals surface area contributed by atoms with Crippen molar-refractivity contribution in [1.29, 1.82) is 0 Å². The average molecular weight is 352 g/mol. The van der Waals surface area contributed by atoms with Gasteiger partial charge in [-0.15, -0.1) is 0 Å². The molecule has 1 heterocycles. The minimum absolute atomic E-state index is 0.102. The second kappa shape index (κ2) is 7.01. The van der Waals surface area contributed by atoms with Gasteiger partial charge >= 0.3 is 6.09 Å². The SMILES string of the molecule is Cc1cc([N+](=O)[O-])ccc1C1CCN(C(=O)OC(C)(C)C)C(S)C1. The van der Waals surface area contributed by atoms with Crippen molar-refractivity contribution in [1.82, 2.24) is 4.90 Å². The topological polar surface area (TPSA) is 72.7 Å². The van der Waals surface area contributed by atoms with Crippen LogP contribution in [0.25, 0.3) is 0 Å². The Labute approximate surface area is 147 Å². The first-order valence-corrected chi connectivity index (χ1v) is 8.53. The Bertz CT molecular complexity index is 642. The summed E-state index contributed by atoms with van der Waals surface area (Å²) in [5.41, 5.74) is 1.56. The molecular formula is C17H24N2O4S. The lowest BCUT2D eigenvalue weighted by Gasteiger charge is -2.38. The molecule has 1 aliphatic rings. The number of piperidine rings is 1. The number of carbonyl (C=O) groups excluding carboxylic acids is 1. The van der Waals surface area contributed by atoms with Gasteiger partial charge in [0.15, 0.2) is 0 Å². The van der Waals surface area contributed by atoms with Crippen LogP contribution < -0.4 is 0 Å². The molecule has 0 spiro atoms. The fourth-order valence-corrected chi connectivity index (χ4v) is 3.46. The molecule has 24 heavy (non-hydrogen) atoms. The zero-order chi connectivity index (χ0) is 18.1. The monoisotopic (exact) mass is 352 g/mol. The number of hydrogen-bond donors (Lipinski definition) is 1. The zero-order valence-corrected chi connectivity index (χ0v) is 15.4. The molecule has 0 N–H and O–H groups in total. The first-order valence-electron chi connectivity index (χ1n) is 8.01. The smallest absolute Gasteiger partial charge is 0.411 e. The van der Waals surface area contributed by atoms with Crippen LogP contribution in [0.15, 0.2) is 18.2 Å². The van der Waals surface area contributed by atoms with Gasteiger partial charge in [-0.25, -0.2) is 4.79 Å². The van der Waals surface area contributed by atoms with E-state index in [0.717, 1.165) is 17.5 Å². The van der Waals surface area contributed by atoms with Crippen LogP contribution >= 0.6 is 12.6 Å². The average Bonchev–Trinajstić information content (AvgIpc) is 2.44. The fourth-order valence-electron chi connectivity index (χ4n) is 2.99. The quantitative estimate of drug-likeness (QED) is 0.490. The van der Waals surface area contributed by atoms with Crippen LogP contribution in [-0.2, 0) is 4.74 Å². The highest BCUT2D eigenvalue weighted by Crippen LogP contribution is 2.36. The van der Waals surface area contributed by atoms with Gasteiger partial charge in [0.1, 0.15) is 5.60 Å². The van der Waals surface area contributed by atoms with Gasteiger partial charge in [0, 0.05) is 18.7 Å². The van der Waals surface area contributed by atoms with Crippen LogP contribution in [0.1, 0.15) is 50.7 Å². The summed E-state index contributed by atoms with van der Waals surface area (Å²) < 4.78 is 5.42. The highest BCUT2D eigenvalue weighted by atomic mass is 32.1. The molecule has 1 aromatic rings. The maximum Gasteiger partial charge on any atom is 0.411 e. The van der Waals surface area contributed by atoms with Crippen LogP contribution in [0.2, 0.25) is 0 Å². The molecule has 2 unspecified atom stereocenters. The van der Waals surface area contributed by atoms with Gasteiger partial charge in [-0.05, 0) is 57.6 Å². The molecule has 6 nitrogen and oxygen atoms in total. The van der Waals surface area contributed by atoms with E-state index in [1.165, 1.54) is 6.07 Å². The Balaban J connectivity index is 2.08. The summed E-state index contributed by atoms with van der Waals surface area (Å²) in [6, 6.07) is 4.96. The molecule has 1 aromatic carbocycles. The molecule has 1 amide bonds. The number of amides is 1. The van der Waals surface area contributed by atoms with E-state index in [1.807, 2.05) is 33.8 Å². The summed E-state index contributed by atoms with van der Waals surface area (Å²) in [6.07, 6.45) is 1.14. The van der Waals surface area contributed by atoms with Crippen LogP contribution in [-0.4, -0.2) is 33.4 Å².